The summed E-state index contributed by atoms with van der Waals surface area (Å²) in [6, 6.07) is 5.28. The van der Waals surface area contributed by atoms with E-state index in [1.165, 1.54) is 6.08 Å². The molecule has 1 aromatic carbocycles. The highest BCUT2D eigenvalue weighted by Gasteiger charge is 2.41. The first kappa shape index (κ1) is 17.5. The number of carbonyl (C=O) groups is 3. The minimum Gasteiger partial charge on any atom is -0.481 e. The zero-order valence-electron chi connectivity index (χ0n) is 11.4. The molecule has 1 atom stereocenters. The van der Waals surface area contributed by atoms with E-state index < -0.39 is 30.3 Å². The lowest BCUT2D eigenvalue weighted by molar-refractivity contribution is -0.150. The lowest BCUT2D eigenvalue weighted by atomic mass is 10.1. The number of nitrogens with zero attached hydrogens (tertiary/aromatic N) is 1. The number of carbonyl (C=O) groups excluding carboxylic acids is 1. The summed E-state index contributed by atoms with van der Waals surface area (Å²) in [5, 5.41) is 18.4. The summed E-state index contributed by atoms with van der Waals surface area (Å²) in [7, 11) is 0. The lowest BCUT2D eigenvalue weighted by Gasteiger charge is -2.21. The first-order valence-corrected chi connectivity index (χ1v) is 7.87. The maximum Gasteiger partial charge on any atom is 0.327 e. The molecule has 1 saturated heterocycles. The van der Waals surface area contributed by atoms with Crippen LogP contribution in [-0.4, -0.2) is 43.3 Å². The molecule has 1 aromatic rings. The number of thioether (sulfide) groups is 1. The maximum atomic E-state index is 12.4. The van der Waals surface area contributed by atoms with E-state index in [1.54, 1.807) is 24.3 Å². The van der Waals surface area contributed by atoms with Gasteiger partial charge in [-0.2, -0.15) is 0 Å². The van der Waals surface area contributed by atoms with E-state index in [9.17, 15) is 19.5 Å². The predicted molar refractivity (Wildman–Crippen MR) is 90.1 cm³/mol. The van der Waals surface area contributed by atoms with Crippen molar-refractivity contribution < 1.29 is 24.6 Å². The molecule has 9 heteroatoms. The molecule has 2 rings (SSSR count). The van der Waals surface area contributed by atoms with Crippen LogP contribution in [-0.2, 0) is 14.4 Å². The summed E-state index contributed by atoms with van der Waals surface area (Å²) < 4.78 is 0.00181. The van der Waals surface area contributed by atoms with Crippen LogP contribution in [0.4, 0.5) is 0 Å². The highest BCUT2D eigenvalue weighted by Crippen LogP contribution is 2.35. The Morgan fingerprint density at radius 2 is 2.00 bits per heavy atom. The number of amides is 1. The van der Waals surface area contributed by atoms with Crippen molar-refractivity contribution in [3.63, 3.8) is 0 Å². The molecule has 0 unspecified atom stereocenters. The molecule has 1 fully saturated rings. The van der Waals surface area contributed by atoms with E-state index in [-0.39, 0.29) is 9.23 Å². The van der Waals surface area contributed by atoms with Crippen LogP contribution in [0.2, 0.25) is 5.02 Å². The molecule has 1 aliphatic rings. The second kappa shape index (κ2) is 7.12. The predicted octanol–water partition coefficient (Wildman–Crippen LogP) is 2.47. The number of benzene rings is 1. The fourth-order valence-corrected chi connectivity index (χ4v) is 3.47. The molecular formula is C14H10ClNO5S2. The molecule has 0 saturated carbocycles. The van der Waals surface area contributed by atoms with Gasteiger partial charge in [0.15, 0.2) is 0 Å². The molecular weight excluding hydrogens is 362 g/mol. The second-order valence-corrected chi connectivity index (χ2v) is 6.61. The van der Waals surface area contributed by atoms with Gasteiger partial charge in [0.1, 0.15) is 10.4 Å². The van der Waals surface area contributed by atoms with E-state index >= 15 is 0 Å². The molecule has 1 aliphatic heterocycles. The molecule has 1 amide bonds. The molecule has 1 heterocycles. The number of carboxylic acid groups (broad SMARTS) is 2. The Balaban J connectivity index is 2.34. The normalized spacial score (nSPS) is 17.6. The zero-order valence-corrected chi connectivity index (χ0v) is 13.8. The smallest absolute Gasteiger partial charge is 0.327 e. The molecule has 6 nitrogen and oxygen atoms in total. The molecule has 0 radical (unpaired) electrons. The second-order valence-electron chi connectivity index (χ2n) is 4.53. The van der Waals surface area contributed by atoms with Crippen molar-refractivity contribution >= 4 is 63.8 Å². The Morgan fingerprint density at radius 1 is 1.35 bits per heavy atom. The van der Waals surface area contributed by atoms with Crippen LogP contribution >= 0.6 is 35.6 Å². The van der Waals surface area contributed by atoms with Crippen LogP contribution < -0.4 is 0 Å². The highest BCUT2D eigenvalue weighted by molar-refractivity contribution is 8.26. The number of rotatable bonds is 5. The maximum absolute atomic E-state index is 12.4. The molecule has 0 bridgehead atoms. The van der Waals surface area contributed by atoms with Gasteiger partial charge in [-0.1, -0.05) is 53.8 Å². The zero-order chi connectivity index (χ0) is 17.1. The summed E-state index contributed by atoms with van der Waals surface area (Å²) in [4.78, 5) is 35.5. The molecule has 0 aromatic heterocycles. The molecule has 0 aliphatic carbocycles. The van der Waals surface area contributed by atoms with Crippen molar-refractivity contribution in [2.75, 3.05) is 0 Å². The average Bonchev–Trinajstić information content (AvgIpc) is 2.73. The first-order chi connectivity index (χ1) is 10.8. The summed E-state index contributed by atoms with van der Waals surface area (Å²) in [6.07, 6.45) is 0.766. The summed E-state index contributed by atoms with van der Waals surface area (Å²) in [6.45, 7) is 0. The number of halogens is 1. The fraction of sp³-hybridized carbons (Fsp3) is 0.143. The average molecular weight is 372 g/mol. The number of hydrogen-bond donors (Lipinski definition) is 2. The van der Waals surface area contributed by atoms with Gasteiger partial charge in [0.2, 0.25) is 0 Å². The van der Waals surface area contributed by atoms with E-state index in [4.69, 9.17) is 28.9 Å². The quantitative estimate of drug-likeness (QED) is 0.606. The minimum absolute atomic E-state index is 0.00181. The van der Waals surface area contributed by atoms with Crippen molar-refractivity contribution in [2.45, 2.75) is 12.5 Å². The van der Waals surface area contributed by atoms with Gasteiger partial charge >= 0.3 is 11.9 Å². The third-order valence-electron chi connectivity index (χ3n) is 2.98. The number of hydrogen-bond acceptors (Lipinski definition) is 5. The van der Waals surface area contributed by atoms with Crippen molar-refractivity contribution in [2.24, 2.45) is 0 Å². The Bertz CT molecular complexity index is 734. The van der Waals surface area contributed by atoms with Crippen LogP contribution in [0.25, 0.3) is 6.08 Å². The van der Waals surface area contributed by atoms with Crippen molar-refractivity contribution in [3.05, 3.63) is 39.8 Å². The van der Waals surface area contributed by atoms with Gasteiger partial charge in [0.05, 0.1) is 11.3 Å². The first-order valence-electron chi connectivity index (χ1n) is 6.27. The molecule has 23 heavy (non-hydrogen) atoms. The van der Waals surface area contributed by atoms with Crippen molar-refractivity contribution in [1.29, 1.82) is 0 Å². The van der Waals surface area contributed by atoms with E-state index in [1.807, 2.05) is 0 Å². The summed E-state index contributed by atoms with van der Waals surface area (Å²) in [5.41, 5.74) is 0.583. The van der Waals surface area contributed by atoms with Crippen LogP contribution in [0.1, 0.15) is 12.0 Å². The fourth-order valence-electron chi connectivity index (χ4n) is 1.94. The van der Waals surface area contributed by atoms with E-state index in [0.29, 0.717) is 10.6 Å². The third-order valence-corrected chi connectivity index (χ3v) is 4.65. The number of aliphatic carboxylic acids is 2. The Labute approximate surface area is 145 Å². The van der Waals surface area contributed by atoms with Crippen molar-refractivity contribution in [3.8, 4) is 0 Å². The minimum atomic E-state index is -1.54. The Kier molecular flexibility index (Phi) is 5.40. The Hall–Kier alpha value is -1.90. The van der Waals surface area contributed by atoms with Crippen LogP contribution in [0.3, 0.4) is 0 Å². The van der Waals surface area contributed by atoms with Crippen molar-refractivity contribution in [1.82, 2.24) is 4.90 Å². The molecule has 2 N–H and O–H groups in total. The van der Waals surface area contributed by atoms with Gasteiger partial charge in [-0.3, -0.25) is 14.5 Å². The highest BCUT2D eigenvalue weighted by atomic mass is 35.5. The molecule has 120 valence electrons. The summed E-state index contributed by atoms with van der Waals surface area (Å²) in [5.74, 6) is -3.40. The largest absolute Gasteiger partial charge is 0.481 e. The standard InChI is InChI=1S/C14H10ClNO5S2/c15-8-4-2-1-3-7(8)5-10-12(19)16(14(22)23-10)9(13(20)21)6-11(17)18/h1-5,9H,6H2,(H,17,18)(H,20,21)/b10-5+/t9-/m0/s1. The van der Waals surface area contributed by atoms with Crippen LogP contribution in [0.5, 0.6) is 0 Å². The van der Waals surface area contributed by atoms with Gasteiger partial charge in [-0.25, -0.2) is 4.79 Å². The SMILES string of the molecule is O=C(O)C[C@@H](C(=O)O)N1C(=O)/C(=C\c2ccccc2Cl)SC1=S. The van der Waals surface area contributed by atoms with E-state index in [2.05, 4.69) is 0 Å². The molecule has 0 spiro atoms. The monoisotopic (exact) mass is 371 g/mol. The van der Waals surface area contributed by atoms with Gasteiger partial charge in [-0.15, -0.1) is 0 Å². The van der Waals surface area contributed by atoms with Gasteiger partial charge in [-0.05, 0) is 17.7 Å². The van der Waals surface area contributed by atoms with Crippen LogP contribution in [0.15, 0.2) is 29.2 Å². The topological polar surface area (TPSA) is 94.9 Å². The number of carboxylic acids is 2. The van der Waals surface area contributed by atoms with Gasteiger partial charge in [0.25, 0.3) is 5.91 Å². The van der Waals surface area contributed by atoms with Gasteiger partial charge < -0.3 is 10.2 Å². The lowest BCUT2D eigenvalue weighted by Crippen LogP contribution is -2.45. The summed E-state index contributed by atoms with van der Waals surface area (Å²) >= 11 is 12.0. The third kappa shape index (κ3) is 3.90. The number of thiocarbonyl (C=S) groups is 1. The Morgan fingerprint density at radius 3 is 2.57 bits per heavy atom. The van der Waals surface area contributed by atoms with Crippen LogP contribution in [0, 0.1) is 0 Å². The van der Waals surface area contributed by atoms with E-state index in [0.717, 1.165) is 16.7 Å². The van der Waals surface area contributed by atoms with Gasteiger partial charge in [0, 0.05) is 5.02 Å².